The van der Waals surface area contributed by atoms with Crippen molar-refractivity contribution in [2.75, 3.05) is 45.9 Å². The minimum Gasteiger partial charge on any atom is -0.378 e. The minimum absolute atomic E-state index is 0.247. The predicted molar refractivity (Wildman–Crippen MR) is 65.7 cm³/mol. The zero-order valence-corrected chi connectivity index (χ0v) is 10.4. The highest BCUT2D eigenvalue weighted by molar-refractivity contribution is 5.78. The lowest BCUT2D eigenvalue weighted by Gasteiger charge is -2.30. The van der Waals surface area contributed by atoms with E-state index in [0.29, 0.717) is 32.3 Å². The monoisotopic (exact) mass is 241 g/mol. The van der Waals surface area contributed by atoms with E-state index in [2.05, 4.69) is 4.90 Å². The number of rotatable bonds is 4. The van der Waals surface area contributed by atoms with Gasteiger partial charge in [0.1, 0.15) is 0 Å². The van der Waals surface area contributed by atoms with Gasteiger partial charge < -0.3 is 15.4 Å². The average molecular weight is 241 g/mol. The number of carbonyl (C=O) groups excluding carboxylic acids is 1. The molecule has 98 valence electrons. The van der Waals surface area contributed by atoms with Crippen LogP contribution in [-0.2, 0) is 9.53 Å². The first-order chi connectivity index (χ1) is 8.31. The molecule has 5 nitrogen and oxygen atoms in total. The normalized spacial score (nSPS) is 26.4. The van der Waals surface area contributed by atoms with Crippen LogP contribution >= 0.6 is 0 Å². The van der Waals surface area contributed by atoms with Crippen molar-refractivity contribution in [1.29, 1.82) is 0 Å². The first-order valence-electron chi connectivity index (χ1n) is 6.61. The molecule has 0 spiro atoms. The molecule has 0 saturated carbocycles. The number of hydrogen-bond donors (Lipinski definition) is 1. The summed E-state index contributed by atoms with van der Waals surface area (Å²) < 4.78 is 5.26. The zero-order chi connectivity index (χ0) is 12.1. The van der Waals surface area contributed by atoms with Crippen LogP contribution in [0.1, 0.15) is 19.3 Å². The summed E-state index contributed by atoms with van der Waals surface area (Å²) in [5, 5.41) is 0. The third-order valence-electron chi connectivity index (χ3n) is 3.70. The first kappa shape index (κ1) is 12.8. The Morgan fingerprint density at radius 2 is 2.06 bits per heavy atom. The summed E-state index contributed by atoms with van der Waals surface area (Å²) in [5.41, 5.74) is 5.61. The van der Waals surface area contributed by atoms with Crippen LogP contribution in [0, 0.1) is 0 Å². The molecule has 5 heteroatoms. The van der Waals surface area contributed by atoms with E-state index in [4.69, 9.17) is 10.5 Å². The van der Waals surface area contributed by atoms with E-state index in [-0.39, 0.29) is 5.91 Å². The fourth-order valence-electron chi connectivity index (χ4n) is 2.71. The van der Waals surface area contributed by atoms with Crippen molar-refractivity contribution in [2.45, 2.75) is 25.3 Å². The van der Waals surface area contributed by atoms with Crippen molar-refractivity contribution >= 4 is 5.91 Å². The minimum atomic E-state index is 0.247. The van der Waals surface area contributed by atoms with Gasteiger partial charge in [0, 0.05) is 19.1 Å². The predicted octanol–water partition coefficient (Wildman–Crippen LogP) is -0.342. The van der Waals surface area contributed by atoms with Gasteiger partial charge in [-0.05, 0) is 32.4 Å². The third-order valence-corrected chi connectivity index (χ3v) is 3.70. The lowest BCUT2D eigenvalue weighted by molar-refractivity contribution is -0.136. The molecular formula is C12H23N3O2. The highest BCUT2D eigenvalue weighted by atomic mass is 16.5. The van der Waals surface area contributed by atoms with Crippen molar-refractivity contribution in [3.05, 3.63) is 0 Å². The summed E-state index contributed by atoms with van der Waals surface area (Å²) in [6.45, 7) is 5.16. The van der Waals surface area contributed by atoms with Crippen molar-refractivity contribution in [3.8, 4) is 0 Å². The number of likely N-dealkylation sites (tertiary alicyclic amines) is 1. The molecule has 2 heterocycles. The highest BCUT2D eigenvalue weighted by Gasteiger charge is 2.27. The Balaban J connectivity index is 1.80. The summed E-state index contributed by atoms with van der Waals surface area (Å²) in [6, 6.07) is 0.519. The Bertz CT molecular complexity index is 254. The fraction of sp³-hybridized carbons (Fsp3) is 0.917. The topological polar surface area (TPSA) is 58.8 Å². The van der Waals surface area contributed by atoms with E-state index in [0.717, 1.165) is 26.1 Å². The van der Waals surface area contributed by atoms with E-state index in [1.54, 1.807) is 0 Å². The molecule has 0 bridgehead atoms. The van der Waals surface area contributed by atoms with Gasteiger partial charge in [0.05, 0.1) is 19.8 Å². The quantitative estimate of drug-likeness (QED) is 0.731. The van der Waals surface area contributed by atoms with E-state index >= 15 is 0 Å². The number of carbonyl (C=O) groups is 1. The standard InChI is InChI=1S/C12H23N3O2/c13-4-3-11-2-1-5-15(11)10-12(16)14-6-8-17-9-7-14/h11H,1-10,13H2. The second-order valence-electron chi connectivity index (χ2n) is 4.84. The molecular weight excluding hydrogens is 218 g/mol. The molecule has 0 aromatic heterocycles. The van der Waals surface area contributed by atoms with Gasteiger partial charge in [0.15, 0.2) is 0 Å². The van der Waals surface area contributed by atoms with Gasteiger partial charge in [-0.15, -0.1) is 0 Å². The van der Waals surface area contributed by atoms with Crippen LogP contribution in [-0.4, -0.2) is 67.7 Å². The van der Waals surface area contributed by atoms with Gasteiger partial charge >= 0.3 is 0 Å². The fourth-order valence-corrected chi connectivity index (χ4v) is 2.71. The van der Waals surface area contributed by atoms with Crippen LogP contribution in [0.5, 0.6) is 0 Å². The molecule has 2 N–H and O–H groups in total. The number of morpholine rings is 1. The van der Waals surface area contributed by atoms with Crippen molar-refractivity contribution in [3.63, 3.8) is 0 Å². The van der Waals surface area contributed by atoms with Gasteiger partial charge in [-0.1, -0.05) is 0 Å². The maximum atomic E-state index is 12.1. The summed E-state index contributed by atoms with van der Waals surface area (Å²) in [5.74, 6) is 0.247. The van der Waals surface area contributed by atoms with Crippen LogP contribution in [0.4, 0.5) is 0 Å². The lowest BCUT2D eigenvalue weighted by atomic mass is 10.1. The molecule has 1 unspecified atom stereocenters. The van der Waals surface area contributed by atoms with Crippen LogP contribution in [0.15, 0.2) is 0 Å². The molecule has 2 fully saturated rings. The van der Waals surface area contributed by atoms with E-state index in [1.807, 2.05) is 4.90 Å². The van der Waals surface area contributed by atoms with Gasteiger partial charge in [0.2, 0.25) is 5.91 Å². The van der Waals surface area contributed by atoms with Crippen molar-refractivity contribution in [2.24, 2.45) is 5.73 Å². The summed E-state index contributed by atoms with van der Waals surface area (Å²) in [7, 11) is 0. The van der Waals surface area contributed by atoms with Crippen LogP contribution < -0.4 is 5.73 Å². The lowest BCUT2D eigenvalue weighted by Crippen LogP contribution is -2.46. The maximum absolute atomic E-state index is 12.1. The summed E-state index contributed by atoms with van der Waals surface area (Å²) in [6.07, 6.45) is 3.39. The van der Waals surface area contributed by atoms with Gasteiger partial charge in [-0.2, -0.15) is 0 Å². The Morgan fingerprint density at radius 1 is 1.29 bits per heavy atom. The molecule has 0 aromatic carbocycles. The van der Waals surface area contributed by atoms with Crippen LogP contribution in [0.25, 0.3) is 0 Å². The Hall–Kier alpha value is -0.650. The molecule has 17 heavy (non-hydrogen) atoms. The van der Waals surface area contributed by atoms with Gasteiger partial charge in [-0.25, -0.2) is 0 Å². The average Bonchev–Trinajstić information content (AvgIpc) is 2.78. The second-order valence-corrected chi connectivity index (χ2v) is 4.84. The summed E-state index contributed by atoms with van der Waals surface area (Å²) in [4.78, 5) is 16.3. The second kappa shape index (κ2) is 6.33. The van der Waals surface area contributed by atoms with Crippen molar-refractivity contribution in [1.82, 2.24) is 9.80 Å². The molecule has 2 aliphatic heterocycles. The van der Waals surface area contributed by atoms with Gasteiger partial charge in [-0.3, -0.25) is 9.69 Å². The first-order valence-corrected chi connectivity index (χ1v) is 6.61. The molecule has 2 aliphatic rings. The number of nitrogens with zero attached hydrogens (tertiary/aromatic N) is 2. The molecule has 0 radical (unpaired) electrons. The molecule has 1 atom stereocenters. The Morgan fingerprint density at radius 3 is 2.76 bits per heavy atom. The van der Waals surface area contributed by atoms with Gasteiger partial charge in [0.25, 0.3) is 0 Å². The molecule has 0 aromatic rings. The van der Waals surface area contributed by atoms with E-state index in [9.17, 15) is 4.79 Å². The van der Waals surface area contributed by atoms with Crippen molar-refractivity contribution < 1.29 is 9.53 Å². The molecule has 2 saturated heterocycles. The SMILES string of the molecule is NCCC1CCCN1CC(=O)N1CCOCC1. The zero-order valence-electron chi connectivity index (χ0n) is 10.4. The highest BCUT2D eigenvalue weighted by Crippen LogP contribution is 2.19. The largest absolute Gasteiger partial charge is 0.378 e. The number of ether oxygens (including phenoxy) is 1. The summed E-state index contributed by atoms with van der Waals surface area (Å²) >= 11 is 0. The smallest absolute Gasteiger partial charge is 0.236 e. The Labute approximate surface area is 103 Å². The molecule has 0 aliphatic carbocycles. The van der Waals surface area contributed by atoms with E-state index in [1.165, 1.54) is 12.8 Å². The number of amides is 1. The number of nitrogens with two attached hydrogens (primary N) is 1. The van der Waals surface area contributed by atoms with E-state index < -0.39 is 0 Å². The Kier molecular flexibility index (Phi) is 4.76. The number of hydrogen-bond acceptors (Lipinski definition) is 4. The molecule has 2 rings (SSSR count). The third kappa shape index (κ3) is 3.40. The van der Waals surface area contributed by atoms with Crippen LogP contribution in [0.2, 0.25) is 0 Å². The van der Waals surface area contributed by atoms with Crippen LogP contribution in [0.3, 0.4) is 0 Å². The maximum Gasteiger partial charge on any atom is 0.236 e. The molecule has 1 amide bonds.